The molecule has 0 rings (SSSR count). The van der Waals surface area contributed by atoms with Gasteiger partial charge in [0, 0.05) is 13.2 Å². The van der Waals surface area contributed by atoms with Gasteiger partial charge in [-0.15, -0.1) is 0 Å². The molecule has 0 heterocycles. The van der Waals surface area contributed by atoms with Crippen molar-refractivity contribution in [3.05, 3.63) is 0 Å². The number of rotatable bonds is 7. The Bertz CT molecular complexity index is 127. The largest absolute Gasteiger partial charge is 0.480 e. The predicted octanol–water partition coefficient (Wildman–Crippen LogP) is 0.429. The summed E-state index contributed by atoms with van der Waals surface area (Å²) >= 11 is 0. The normalized spacial score (nSPS) is 10.6. The van der Waals surface area contributed by atoms with Crippen LogP contribution in [0.3, 0.4) is 0 Å². The third-order valence-corrected chi connectivity index (χ3v) is 1.56. The van der Waals surface area contributed by atoms with Crippen molar-refractivity contribution in [2.75, 3.05) is 32.8 Å². The fraction of sp³-hybridized carbons (Fsp3) is 0.875. The lowest BCUT2D eigenvalue weighted by atomic mass is 10.4. The molecule has 4 heteroatoms. The van der Waals surface area contributed by atoms with Crippen molar-refractivity contribution in [1.29, 1.82) is 0 Å². The average molecular weight is 175 g/mol. The van der Waals surface area contributed by atoms with Gasteiger partial charge in [0.1, 0.15) is 0 Å². The van der Waals surface area contributed by atoms with Crippen LogP contribution >= 0.6 is 0 Å². The molecule has 0 bridgehead atoms. The summed E-state index contributed by atoms with van der Waals surface area (Å²) in [6.45, 7) is 6.70. The molecule has 0 aliphatic heterocycles. The summed E-state index contributed by atoms with van der Waals surface area (Å²) in [5, 5.41) is 8.49. The van der Waals surface area contributed by atoms with E-state index in [1.165, 1.54) is 0 Å². The van der Waals surface area contributed by atoms with Gasteiger partial charge in [-0.25, -0.2) is 0 Å². The van der Waals surface area contributed by atoms with Crippen LogP contribution in [0.15, 0.2) is 0 Å². The van der Waals surface area contributed by atoms with Gasteiger partial charge >= 0.3 is 5.97 Å². The molecule has 0 fully saturated rings. The summed E-state index contributed by atoms with van der Waals surface area (Å²) in [6.07, 6.45) is 0. The Hall–Kier alpha value is -0.610. The van der Waals surface area contributed by atoms with E-state index in [1.54, 1.807) is 0 Å². The van der Waals surface area contributed by atoms with Crippen molar-refractivity contribution < 1.29 is 14.6 Å². The molecular formula is C8H17NO3. The van der Waals surface area contributed by atoms with Crippen molar-refractivity contribution in [2.24, 2.45) is 0 Å². The summed E-state index contributed by atoms with van der Waals surface area (Å²) in [4.78, 5) is 12.2. The molecule has 1 N–H and O–H groups in total. The summed E-state index contributed by atoms with van der Waals surface area (Å²) in [5.41, 5.74) is 0. The van der Waals surface area contributed by atoms with Gasteiger partial charge in [0.05, 0.1) is 13.2 Å². The molecule has 0 aromatic rings. The van der Waals surface area contributed by atoms with E-state index in [-0.39, 0.29) is 6.54 Å². The topological polar surface area (TPSA) is 49.8 Å². The molecular weight excluding hydrogens is 158 g/mol. The lowest BCUT2D eigenvalue weighted by Crippen LogP contribution is -2.32. The molecule has 0 saturated heterocycles. The van der Waals surface area contributed by atoms with Crippen LogP contribution in [0.1, 0.15) is 13.8 Å². The van der Waals surface area contributed by atoms with Gasteiger partial charge < -0.3 is 9.84 Å². The van der Waals surface area contributed by atoms with Gasteiger partial charge in [-0.1, -0.05) is 6.92 Å². The zero-order valence-corrected chi connectivity index (χ0v) is 7.75. The van der Waals surface area contributed by atoms with E-state index in [9.17, 15) is 4.79 Å². The highest BCUT2D eigenvalue weighted by atomic mass is 16.5. The maximum absolute atomic E-state index is 10.3. The molecule has 0 aliphatic carbocycles. The Kier molecular flexibility index (Phi) is 6.70. The molecule has 0 radical (unpaired) electrons. The quantitative estimate of drug-likeness (QED) is 0.570. The minimum Gasteiger partial charge on any atom is -0.480 e. The Morgan fingerprint density at radius 2 is 2.17 bits per heavy atom. The standard InChI is InChI=1S/C8H17NO3/c1-3-9(7-8(10)11)5-6-12-4-2/h3-7H2,1-2H3,(H,10,11). The summed E-state index contributed by atoms with van der Waals surface area (Å²) in [6, 6.07) is 0. The molecule has 0 saturated carbocycles. The predicted molar refractivity (Wildman–Crippen MR) is 46.2 cm³/mol. The van der Waals surface area contributed by atoms with Crippen LogP contribution in [0.4, 0.5) is 0 Å². The molecule has 0 unspecified atom stereocenters. The van der Waals surface area contributed by atoms with E-state index in [0.717, 1.165) is 6.54 Å². The van der Waals surface area contributed by atoms with E-state index in [2.05, 4.69) is 0 Å². The van der Waals surface area contributed by atoms with Crippen molar-refractivity contribution in [3.8, 4) is 0 Å². The van der Waals surface area contributed by atoms with E-state index in [1.807, 2.05) is 18.7 Å². The lowest BCUT2D eigenvalue weighted by molar-refractivity contribution is -0.138. The number of carbonyl (C=O) groups is 1. The average Bonchev–Trinajstić information content (AvgIpc) is 2.02. The van der Waals surface area contributed by atoms with Gasteiger partial charge in [-0.3, -0.25) is 9.69 Å². The Morgan fingerprint density at radius 1 is 1.50 bits per heavy atom. The maximum atomic E-state index is 10.3. The molecule has 12 heavy (non-hydrogen) atoms. The molecule has 0 amide bonds. The number of hydrogen-bond acceptors (Lipinski definition) is 3. The van der Waals surface area contributed by atoms with Gasteiger partial charge in [0.25, 0.3) is 0 Å². The number of hydrogen-bond donors (Lipinski definition) is 1. The maximum Gasteiger partial charge on any atom is 0.317 e. The van der Waals surface area contributed by atoms with E-state index in [4.69, 9.17) is 9.84 Å². The zero-order chi connectivity index (χ0) is 9.40. The molecule has 72 valence electrons. The highest BCUT2D eigenvalue weighted by Gasteiger charge is 2.05. The molecule has 0 spiro atoms. The van der Waals surface area contributed by atoms with E-state index < -0.39 is 5.97 Å². The first-order chi connectivity index (χ1) is 5.70. The third kappa shape index (κ3) is 6.12. The van der Waals surface area contributed by atoms with Crippen LogP contribution in [-0.2, 0) is 9.53 Å². The summed E-state index contributed by atoms with van der Waals surface area (Å²) in [5.74, 6) is -0.784. The highest BCUT2D eigenvalue weighted by Crippen LogP contribution is 1.87. The smallest absolute Gasteiger partial charge is 0.317 e. The Morgan fingerprint density at radius 3 is 2.58 bits per heavy atom. The van der Waals surface area contributed by atoms with Gasteiger partial charge in [-0.05, 0) is 13.5 Å². The van der Waals surface area contributed by atoms with Crippen LogP contribution in [0.25, 0.3) is 0 Å². The number of carboxylic acids is 1. The zero-order valence-electron chi connectivity index (χ0n) is 7.75. The minimum absolute atomic E-state index is 0.101. The number of likely N-dealkylation sites (N-methyl/N-ethyl adjacent to an activating group) is 1. The van der Waals surface area contributed by atoms with Gasteiger partial charge in [0.15, 0.2) is 0 Å². The summed E-state index contributed by atoms with van der Waals surface area (Å²) in [7, 11) is 0. The van der Waals surface area contributed by atoms with Crippen LogP contribution in [0.5, 0.6) is 0 Å². The first kappa shape index (κ1) is 11.4. The Labute approximate surface area is 73.1 Å². The number of ether oxygens (including phenoxy) is 1. The van der Waals surface area contributed by atoms with E-state index in [0.29, 0.717) is 19.8 Å². The van der Waals surface area contributed by atoms with Crippen LogP contribution in [-0.4, -0.2) is 48.8 Å². The number of aliphatic carboxylic acids is 1. The fourth-order valence-electron chi connectivity index (χ4n) is 0.878. The number of carboxylic acid groups (broad SMARTS) is 1. The molecule has 0 aromatic heterocycles. The second kappa shape index (κ2) is 7.06. The van der Waals surface area contributed by atoms with E-state index >= 15 is 0 Å². The lowest BCUT2D eigenvalue weighted by Gasteiger charge is -2.17. The Balaban J connectivity index is 3.46. The second-order valence-corrected chi connectivity index (χ2v) is 2.46. The number of nitrogens with zero attached hydrogens (tertiary/aromatic N) is 1. The van der Waals surface area contributed by atoms with Crippen LogP contribution < -0.4 is 0 Å². The summed E-state index contributed by atoms with van der Waals surface area (Å²) < 4.78 is 5.11. The molecule has 0 aliphatic rings. The van der Waals surface area contributed by atoms with Gasteiger partial charge in [-0.2, -0.15) is 0 Å². The highest BCUT2D eigenvalue weighted by molar-refractivity contribution is 5.69. The molecule has 0 atom stereocenters. The first-order valence-corrected chi connectivity index (χ1v) is 4.22. The molecule has 0 aromatic carbocycles. The van der Waals surface area contributed by atoms with Crippen molar-refractivity contribution in [3.63, 3.8) is 0 Å². The van der Waals surface area contributed by atoms with Crippen LogP contribution in [0, 0.1) is 0 Å². The third-order valence-electron chi connectivity index (χ3n) is 1.56. The van der Waals surface area contributed by atoms with Crippen molar-refractivity contribution in [2.45, 2.75) is 13.8 Å². The van der Waals surface area contributed by atoms with Crippen molar-refractivity contribution >= 4 is 5.97 Å². The SMILES string of the molecule is CCOCCN(CC)CC(=O)O. The fourth-order valence-corrected chi connectivity index (χ4v) is 0.878. The monoisotopic (exact) mass is 175 g/mol. The minimum atomic E-state index is -0.784. The first-order valence-electron chi connectivity index (χ1n) is 4.22. The second-order valence-electron chi connectivity index (χ2n) is 2.46. The van der Waals surface area contributed by atoms with Crippen molar-refractivity contribution in [1.82, 2.24) is 4.90 Å². The van der Waals surface area contributed by atoms with Gasteiger partial charge in [0.2, 0.25) is 0 Å². The van der Waals surface area contributed by atoms with Crippen LogP contribution in [0.2, 0.25) is 0 Å². The molecule has 4 nitrogen and oxygen atoms in total.